The van der Waals surface area contributed by atoms with E-state index in [1.54, 1.807) is 4.31 Å². The molecule has 0 bridgehead atoms. The van der Waals surface area contributed by atoms with Crippen LogP contribution in [0.25, 0.3) is 0 Å². The molecule has 1 saturated heterocycles. The Kier molecular flexibility index (Phi) is 8.68. The van der Waals surface area contributed by atoms with Crippen molar-refractivity contribution in [1.82, 2.24) is 14.5 Å². The first-order valence-electron chi connectivity index (χ1n) is 8.01. The molecule has 0 saturated carbocycles. The van der Waals surface area contributed by atoms with E-state index in [0.29, 0.717) is 19.6 Å². The van der Waals surface area contributed by atoms with Gasteiger partial charge in [-0.05, 0) is 12.8 Å². The molecule has 0 aliphatic carbocycles. The Balaban J connectivity index is 2.47. The van der Waals surface area contributed by atoms with E-state index in [-0.39, 0.29) is 5.75 Å². The molecule has 120 valence electrons. The topological polar surface area (TPSA) is 52.7 Å². The smallest absolute Gasteiger partial charge is 0.215 e. The van der Waals surface area contributed by atoms with Crippen LogP contribution in [0.15, 0.2) is 0 Å². The number of rotatable bonds is 10. The molecule has 1 fully saturated rings. The van der Waals surface area contributed by atoms with Crippen molar-refractivity contribution in [3.8, 4) is 0 Å². The third-order valence-electron chi connectivity index (χ3n) is 3.79. The lowest BCUT2D eigenvalue weighted by Gasteiger charge is -2.28. The third kappa shape index (κ3) is 6.52. The van der Waals surface area contributed by atoms with E-state index < -0.39 is 10.0 Å². The van der Waals surface area contributed by atoms with Crippen LogP contribution in [0.5, 0.6) is 0 Å². The van der Waals surface area contributed by atoms with Gasteiger partial charge in [-0.1, -0.05) is 26.7 Å². The Labute approximate surface area is 124 Å². The second-order valence-corrected chi connectivity index (χ2v) is 7.60. The van der Waals surface area contributed by atoms with Crippen molar-refractivity contribution in [3.63, 3.8) is 0 Å². The third-order valence-corrected chi connectivity index (χ3v) is 5.64. The minimum absolute atomic E-state index is 0.264. The van der Waals surface area contributed by atoms with Crippen LogP contribution in [0.4, 0.5) is 0 Å². The van der Waals surface area contributed by atoms with Crippen LogP contribution in [0.3, 0.4) is 0 Å². The number of hydrogen-bond acceptors (Lipinski definition) is 4. The van der Waals surface area contributed by atoms with Gasteiger partial charge in [-0.2, -0.15) is 0 Å². The summed E-state index contributed by atoms with van der Waals surface area (Å²) in [5.41, 5.74) is 0. The van der Waals surface area contributed by atoms with Gasteiger partial charge in [0.15, 0.2) is 0 Å². The molecule has 0 spiro atoms. The first-order valence-corrected chi connectivity index (χ1v) is 9.62. The van der Waals surface area contributed by atoms with Crippen molar-refractivity contribution in [2.45, 2.75) is 39.5 Å². The van der Waals surface area contributed by atoms with Gasteiger partial charge < -0.3 is 5.32 Å². The monoisotopic (exact) mass is 305 g/mol. The summed E-state index contributed by atoms with van der Waals surface area (Å²) < 4.78 is 26.6. The summed E-state index contributed by atoms with van der Waals surface area (Å²) in [4.78, 5) is 2.24. The number of sulfonamides is 1. The van der Waals surface area contributed by atoms with Gasteiger partial charge in [0, 0.05) is 45.8 Å². The molecular weight excluding hydrogens is 274 g/mol. The zero-order valence-corrected chi connectivity index (χ0v) is 13.9. The molecular formula is C14H31N3O2S. The molecule has 0 aromatic heterocycles. The maximum absolute atomic E-state index is 12.5. The molecule has 1 N–H and O–H groups in total. The minimum atomic E-state index is -3.09. The van der Waals surface area contributed by atoms with Gasteiger partial charge >= 0.3 is 0 Å². The van der Waals surface area contributed by atoms with Gasteiger partial charge in [0.05, 0.1) is 5.75 Å². The van der Waals surface area contributed by atoms with Crippen LogP contribution in [0.1, 0.15) is 39.5 Å². The van der Waals surface area contributed by atoms with E-state index in [9.17, 15) is 8.42 Å². The fourth-order valence-corrected chi connectivity index (χ4v) is 3.93. The van der Waals surface area contributed by atoms with Crippen molar-refractivity contribution >= 4 is 10.0 Å². The summed E-state index contributed by atoms with van der Waals surface area (Å²) in [6.45, 7) is 10.1. The summed E-state index contributed by atoms with van der Waals surface area (Å²) in [6, 6.07) is 0. The molecule has 0 amide bonds. The van der Waals surface area contributed by atoms with Crippen LogP contribution in [-0.4, -0.2) is 69.2 Å². The van der Waals surface area contributed by atoms with E-state index in [0.717, 1.165) is 51.9 Å². The van der Waals surface area contributed by atoms with E-state index in [4.69, 9.17) is 0 Å². The Morgan fingerprint density at radius 2 is 1.60 bits per heavy atom. The molecule has 0 aromatic rings. The minimum Gasteiger partial charge on any atom is -0.314 e. The van der Waals surface area contributed by atoms with Gasteiger partial charge in [-0.3, -0.25) is 4.90 Å². The van der Waals surface area contributed by atoms with Crippen LogP contribution < -0.4 is 5.32 Å². The SMILES string of the molecule is CCCCN(CCCC)S(=O)(=O)CCN1CCNCC1. The number of hydrogen-bond donors (Lipinski definition) is 1. The lowest BCUT2D eigenvalue weighted by atomic mass is 10.3. The number of piperazine rings is 1. The summed E-state index contributed by atoms with van der Waals surface area (Å²) in [5.74, 6) is 0.264. The summed E-state index contributed by atoms with van der Waals surface area (Å²) in [6.07, 6.45) is 3.99. The number of nitrogens with zero attached hydrogens (tertiary/aromatic N) is 2. The largest absolute Gasteiger partial charge is 0.314 e. The molecule has 1 aliphatic heterocycles. The van der Waals surface area contributed by atoms with Crippen LogP contribution in [0, 0.1) is 0 Å². The van der Waals surface area contributed by atoms with Crippen molar-refractivity contribution in [2.24, 2.45) is 0 Å². The van der Waals surface area contributed by atoms with E-state index in [1.807, 2.05) is 0 Å². The average molecular weight is 305 g/mol. The average Bonchev–Trinajstić information content (AvgIpc) is 2.46. The second-order valence-electron chi connectivity index (χ2n) is 5.51. The molecule has 1 aliphatic rings. The molecule has 0 radical (unpaired) electrons. The number of nitrogens with one attached hydrogen (secondary N) is 1. The number of unbranched alkanes of at least 4 members (excludes halogenated alkanes) is 2. The van der Waals surface area contributed by atoms with E-state index in [2.05, 4.69) is 24.1 Å². The summed E-state index contributed by atoms with van der Waals surface area (Å²) >= 11 is 0. The molecule has 20 heavy (non-hydrogen) atoms. The summed E-state index contributed by atoms with van der Waals surface area (Å²) in [5, 5.41) is 3.29. The van der Waals surface area contributed by atoms with E-state index >= 15 is 0 Å². The Bertz CT molecular complexity index is 332. The fraction of sp³-hybridized carbons (Fsp3) is 1.00. The zero-order valence-electron chi connectivity index (χ0n) is 13.1. The highest BCUT2D eigenvalue weighted by Gasteiger charge is 2.22. The first kappa shape index (κ1) is 17.9. The first-order chi connectivity index (χ1) is 9.60. The standard InChI is InChI=1S/C14H31N3O2S/c1-3-5-9-17(10-6-4-2)20(18,19)14-13-16-11-7-15-8-12-16/h15H,3-14H2,1-2H3. The lowest BCUT2D eigenvalue weighted by molar-refractivity contribution is 0.252. The van der Waals surface area contributed by atoms with E-state index in [1.165, 1.54) is 0 Å². The molecule has 5 nitrogen and oxygen atoms in total. The molecule has 0 atom stereocenters. The Morgan fingerprint density at radius 1 is 1.05 bits per heavy atom. The quantitative estimate of drug-likeness (QED) is 0.657. The van der Waals surface area contributed by atoms with Crippen molar-refractivity contribution in [1.29, 1.82) is 0 Å². The van der Waals surface area contributed by atoms with Gasteiger partial charge in [0.2, 0.25) is 10.0 Å². The van der Waals surface area contributed by atoms with Gasteiger partial charge in [-0.15, -0.1) is 0 Å². The fourth-order valence-electron chi connectivity index (χ4n) is 2.37. The lowest BCUT2D eigenvalue weighted by Crippen LogP contribution is -2.46. The van der Waals surface area contributed by atoms with Crippen LogP contribution in [-0.2, 0) is 10.0 Å². The normalized spacial score (nSPS) is 17.8. The zero-order chi connectivity index (χ0) is 14.8. The molecule has 0 aromatic carbocycles. The molecule has 1 heterocycles. The highest BCUT2D eigenvalue weighted by atomic mass is 32.2. The maximum atomic E-state index is 12.5. The highest BCUT2D eigenvalue weighted by Crippen LogP contribution is 2.08. The van der Waals surface area contributed by atoms with Gasteiger partial charge in [0.25, 0.3) is 0 Å². The van der Waals surface area contributed by atoms with Crippen molar-refractivity contribution in [3.05, 3.63) is 0 Å². The highest BCUT2D eigenvalue weighted by molar-refractivity contribution is 7.89. The Hall–Kier alpha value is -0.170. The Morgan fingerprint density at radius 3 is 2.10 bits per heavy atom. The molecule has 1 rings (SSSR count). The van der Waals surface area contributed by atoms with Gasteiger partial charge in [-0.25, -0.2) is 12.7 Å². The summed E-state index contributed by atoms with van der Waals surface area (Å²) in [7, 11) is -3.09. The predicted molar refractivity (Wildman–Crippen MR) is 84.5 cm³/mol. The van der Waals surface area contributed by atoms with Crippen LogP contribution in [0.2, 0.25) is 0 Å². The van der Waals surface area contributed by atoms with Gasteiger partial charge in [0.1, 0.15) is 0 Å². The van der Waals surface area contributed by atoms with Crippen molar-refractivity contribution in [2.75, 3.05) is 51.6 Å². The molecule has 0 unspecified atom stereocenters. The molecule has 6 heteroatoms. The van der Waals surface area contributed by atoms with Crippen LogP contribution >= 0.6 is 0 Å². The maximum Gasteiger partial charge on any atom is 0.215 e. The second kappa shape index (κ2) is 9.71. The predicted octanol–water partition coefficient (Wildman–Crippen LogP) is 1.12. The van der Waals surface area contributed by atoms with Crippen molar-refractivity contribution < 1.29 is 8.42 Å².